The van der Waals surface area contributed by atoms with E-state index in [1.165, 1.54) is 0 Å². The molecule has 0 saturated carbocycles. The molecule has 0 radical (unpaired) electrons. The van der Waals surface area contributed by atoms with Crippen LogP contribution >= 0.6 is 35.0 Å². The van der Waals surface area contributed by atoms with Crippen molar-refractivity contribution in [2.24, 2.45) is 0 Å². The molecule has 0 bridgehead atoms. The third-order valence-electron chi connectivity index (χ3n) is 3.52. The van der Waals surface area contributed by atoms with Crippen molar-refractivity contribution >= 4 is 40.9 Å². The largest absolute Gasteiger partial charge is 0.483 e. The Balaban J connectivity index is 1.63. The lowest BCUT2D eigenvalue weighted by molar-refractivity contribution is -0.122. The quantitative estimate of drug-likeness (QED) is 0.634. The van der Waals surface area contributed by atoms with Gasteiger partial charge in [0.25, 0.3) is 5.91 Å². The normalized spacial score (nSPS) is 10.6. The third-order valence-corrected chi connectivity index (χ3v) is 5.29. The molecule has 0 aliphatic rings. The van der Waals surface area contributed by atoms with Gasteiger partial charge in [0.05, 0.1) is 10.0 Å². The molecule has 6 heteroatoms. The summed E-state index contributed by atoms with van der Waals surface area (Å²) in [4.78, 5) is 11.9. The maximum Gasteiger partial charge on any atom is 0.257 e. The summed E-state index contributed by atoms with van der Waals surface area (Å²) in [6, 6.07) is 11.6. The highest BCUT2D eigenvalue weighted by Crippen LogP contribution is 2.24. The topological polar surface area (TPSA) is 38.3 Å². The lowest BCUT2D eigenvalue weighted by Crippen LogP contribution is -2.30. The number of halogens is 2. The highest BCUT2D eigenvalue weighted by atomic mass is 35.5. The Morgan fingerprint density at radius 2 is 1.92 bits per heavy atom. The Morgan fingerprint density at radius 3 is 2.68 bits per heavy atom. The van der Waals surface area contributed by atoms with E-state index in [4.69, 9.17) is 27.9 Å². The molecule has 0 aliphatic heterocycles. The number of nitrogens with one attached hydrogen (secondary N) is 1. The molecule has 2 aromatic carbocycles. The fourth-order valence-corrected chi connectivity index (χ4v) is 3.27. The lowest BCUT2D eigenvalue weighted by atomic mass is 10.1. The van der Waals surface area contributed by atoms with Crippen molar-refractivity contribution in [2.45, 2.75) is 19.6 Å². The van der Waals surface area contributed by atoms with Crippen LogP contribution in [0, 0.1) is 13.8 Å². The monoisotopic (exact) mass is 397 g/mol. The van der Waals surface area contributed by atoms with Crippen LogP contribution in [0.2, 0.25) is 10.0 Å². The molecule has 3 nitrogen and oxygen atoms in total. The first-order valence-corrected chi connectivity index (χ1v) is 9.85. The molecule has 0 atom stereocenters. The number of thioether (sulfide) groups is 1. The van der Waals surface area contributed by atoms with E-state index in [-0.39, 0.29) is 12.5 Å². The molecular weight excluding hydrogens is 377 g/mol. The molecule has 25 heavy (non-hydrogen) atoms. The molecule has 1 N–H and O–H groups in total. The molecule has 0 saturated heterocycles. The van der Waals surface area contributed by atoms with Crippen molar-refractivity contribution in [3.8, 4) is 5.75 Å². The third kappa shape index (κ3) is 6.81. The van der Waals surface area contributed by atoms with Gasteiger partial charge in [-0.25, -0.2) is 0 Å². The number of carbonyl (C=O) groups is 1. The van der Waals surface area contributed by atoms with Gasteiger partial charge in [-0.05, 0) is 48.7 Å². The summed E-state index contributed by atoms with van der Waals surface area (Å²) >= 11 is 13.6. The molecule has 0 fully saturated rings. The molecule has 0 aromatic heterocycles. The number of ether oxygens (including phenoxy) is 1. The van der Waals surface area contributed by atoms with E-state index in [9.17, 15) is 4.79 Å². The van der Waals surface area contributed by atoms with Crippen LogP contribution in [0.15, 0.2) is 36.4 Å². The Kier molecular flexibility index (Phi) is 7.94. The predicted octanol–water partition coefficient (Wildman–Crippen LogP) is 5.04. The summed E-state index contributed by atoms with van der Waals surface area (Å²) in [5.41, 5.74) is 3.25. The fourth-order valence-electron chi connectivity index (χ4n) is 2.14. The van der Waals surface area contributed by atoms with Crippen molar-refractivity contribution < 1.29 is 9.53 Å². The number of hydrogen-bond donors (Lipinski definition) is 1. The van der Waals surface area contributed by atoms with E-state index in [0.29, 0.717) is 16.6 Å². The molecule has 2 aromatic rings. The van der Waals surface area contributed by atoms with Gasteiger partial charge in [-0.3, -0.25) is 4.79 Å². The molecule has 0 spiro atoms. The number of benzene rings is 2. The highest BCUT2D eigenvalue weighted by Gasteiger charge is 2.05. The van der Waals surface area contributed by atoms with Crippen LogP contribution in [-0.2, 0) is 10.5 Å². The Labute approximate surface area is 163 Å². The van der Waals surface area contributed by atoms with E-state index in [0.717, 1.165) is 33.9 Å². The summed E-state index contributed by atoms with van der Waals surface area (Å²) in [6.07, 6.45) is 0. The minimum absolute atomic E-state index is 0.0295. The molecule has 2 rings (SSSR count). The summed E-state index contributed by atoms with van der Waals surface area (Å²) in [7, 11) is 0. The maximum absolute atomic E-state index is 11.9. The summed E-state index contributed by atoms with van der Waals surface area (Å²) < 4.78 is 5.58. The number of hydrogen-bond acceptors (Lipinski definition) is 3. The minimum atomic E-state index is -0.115. The molecule has 0 unspecified atom stereocenters. The van der Waals surface area contributed by atoms with E-state index in [1.54, 1.807) is 17.8 Å². The fraction of sp³-hybridized carbons (Fsp3) is 0.316. The van der Waals surface area contributed by atoms with Gasteiger partial charge in [0.1, 0.15) is 5.75 Å². The van der Waals surface area contributed by atoms with Crippen LogP contribution in [0.25, 0.3) is 0 Å². The van der Waals surface area contributed by atoms with E-state index < -0.39 is 0 Å². The van der Waals surface area contributed by atoms with Crippen LogP contribution in [0.3, 0.4) is 0 Å². The van der Waals surface area contributed by atoms with Gasteiger partial charge >= 0.3 is 0 Å². The van der Waals surface area contributed by atoms with Crippen molar-refractivity contribution in [3.63, 3.8) is 0 Å². The van der Waals surface area contributed by atoms with Gasteiger partial charge in [0.15, 0.2) is 6.61 Å². The van der Waals surface area contributed by atoms with Gasteiger partial charge in [0.2, 0.25) is 0 Å². The first-order chi connectivity index (χ1) is 12.0. The summed E-state index contributed by atoms with van der Waals surface area (Å²) in [5.74, 6) is 2.28. The van der Waals surface area contributed by atoms with Crippen molar-refractivity contribution in [1.29, 1.82) is 0 Å². The Bertz CT molecular complexity index is 737. The first-order valence-electron chi connectivity index (χ1n) is 7.94. The smallest absolute Gasteiger partial charge is 0.257 e. The average molecular weight is 398 g/mol. The van der Waals surface area contributed by atoms with Crippen molar-refractivity contribution in [3.05, 3.63) is 63.1 Å². The van der Waals surface area contributed by atoms with Crippen LogP contribution in [0.4, 0.5) is 0 Å². The first kappa shape index (κ1) is 20.0. The second kappa shape index (κ2) is 9.95. The Hall–Kier alpha value is -1.36. The molecule has 0 heterocycles. The van der Waals surface area contributed by atoms with Crippen LogP contribution in [0.5, 0.6) is 5.75 Å². The molecule has 1 amide bonds. The second-order valence-electron chi connectivity index (χ2n) is 5.71. The van der Waals surface area contributed by atoms with Gasteiger partial charge < -0.3 is 10.1 Å². The van der Waals surface area contributed by atoms with E-state index in [2.05, 4.69) is 5.32 Å². The minimum Gasteiger partial charge on any atom is -0.483 e. The number of rotatable bonds is 8. The zero-order chi connectivity index (χ0) is 18.2. The standard InChI is InChI=1S/C19H21Cl2NO2S/c1-13-3-4-14(2)18(9-13)24-11-19(23)22-7-8-25-12-15-5-6-16(20)17(21)10-15/h3-6,9-10H,7-8,11-12H2,1-2H3,(H,22,23). The summed E-state index contributed by atoms with van der Waals surface area (Å²) in [6.45, 7) is 4.59. The van der Waals surface area contributed by atoms with Crippen molar-refractivity contribution in [1.82, 2.24) is 5.32 Å². The van der Waals surface area contributed by atoms with Gasteiger partial charge in [-0.2, -0.15) is 11.8 Å². The van der Waals surface area contributed by atoms with E-state index >= 15 is 0 Å². The number of carbonyl (C=O) groups excluding carboxylic acids is 1. The predicted molar refractivity (Wildman–Crippen MR) is 107 cm³/mol. The highest BCUT2D eigenvalue weighted by molar-refractivity contribution is 7.98. The number of aryl methyl sites for hydroxylation is 2. The maximum atomic E-state index is 11.9. The van der Waals surface area contributed by atoms with Gasteiger partial charge in [0, 0.05) is 18.1 Å². The van der Waals surface area contributed by atoms with Gasteiger partial charge in [-0.15, -0.1) is 0 Å². The average Bonchev–Trinajstić information content (AvgIpc) is 2.58. The second-order valence-corrected chi connectivity index (χ2v) is 7.63. The Morgan fingerprint density at radius 1 is 1.12 bits per heavy atom. The molecule has 134 valence electrons. The lowest BCUT2D eigenvalue weighted by Gasteiger charge is -2.10. The summed E-state index contributed by atoms with van der Waals surface area (Å²) in [5, 5.41) is 3.99. The molecule has 0 aliphatic carbocycles. The van der Waals surface area contributed by atoms with E-state index in [1.807, 2.05) is 44.2 Å². The van der Waals surface area contributed by atoms with Crippen molar-refractivity contribution in [2.75, 3.05) is 18.9 Å². The molecular formula is C19H21Cl2NO2S. The van der Waals surface area contributed by atoms with Crippen LogP contribution in [0.1, 0.15) is 16.7 Å². The zero-order valence-electron chi connectivity index (χ0n) is 14.3. The SMILES string of the molecule is Cc1ccc(C)c(OCC(=O)NCCSCc2ccc(Cl)c(Cl)c2)c1. The van der Waals surface area contributed by atoms with Crippen LogP contribution < -0.4 is 10.1 Å². The zero-order valence-corrected chi connectivity index (χ0v) is 16.6. The van der Waals surface area contributed by atoms with Gasteiger partial charge in [-0.1, -0.05) is 41.4 Å². The van der Waals surface area contributed by atoms with Crippen LogP contribution in [-0.4, -0.2) is 24.8 Å². The number of amides is 1.